The molecule has 0 aromatic carbocycles. The number of nitrogens with one attached hydrogen (secondary N) is 1. The Hall–Kier alpha value is -1.33. The van der Waals surface area contributed by atoms with Crippen LogP contribution in [0.25, 0.3) is 0 Å². The Labute approximate surface area is 131 Å². The molecule has 116 valence electrons. The number of nitrogens with zero attached hydrogens (tertiary/aromatic N) is 4. The maximum Gasteiger partial charge on any atom is 0.0866 e. The maximum atomic E-state index is 6.33. The van der Waals surface area contributed by atoms with E-state index in [1.807, 2.05) is 22.5 Å². The zero-order valence-corrected chi connectivity index (χ0v) is 14.2. The molecule has 0 amide bonds. The van der Waals surface area contributed by atoms with E-state index in [4.69, 9.17) is 11.6 Å². The Morgan fingerprint density at radius 1 is 1.33 bits per heavy atom. The summed E-state index contributed by atoms with van der Waals surface area (Å²) in [6, 6.07) is 0. The van der Waals surface area contributed by atoms with E-state index in [0.717, 1.165) is 29.5 Å². The normalized spacial score (nSPS) is 12.1. The molecule has 21 heavy (non-hydrogen) atoms. The van der Waals surface area contributed by atoms with Gasteiger partial charge in [-0.3, -0.25) is 9.36 Å². The van der Waals surface area contributed by atoms with Crippen molar-refractivity contribution in [2.24, 2.45) is 0 Å². The van der Waals surface area contributed by atoms with Crippen molar-refractivity contribution in [1.82, 2.24) is 24.9 Å². The van der Waals surface area contributed by atoms with Gasteiger partial charge in [-0.1, -0.05) is 11.6 Å². The van der Waals surface area contributed by atoms with Crippen LogP contribution in [0.5, 0.6) is 0 Å². The fraction of sp³-hybridized carbons (Fsp3) is 0.600. The molecule has 6 heteroatoms. The zero-order valence-electron chi connectivity index (χ0n) is 13.4. The van der Waals surface area contributed by atoms with Crippen LogP contribution < -0.4 is 5.32 Å². The Bertz CT molecular complexity index is 606. The van der Waals surface area contributed by atoms with Gasteiger partial charge in [0.25, 0.3) is 0 Å². The lowest BCUT2D eigenvalue weighted by Crippen LogP contribution is -2.34. The largest absolute Gasteiger partial charge is 0.308 e. The highest BCUT2D eigenvalue weighted by atomic mass is 35.5. The van der Waals surface area contributed by atoms with Gasteiger partial charge in [0, 0.05) is 30.4 Å². The molecule has 0 radical (unpaired) electrons. The Morgan fingerprint density at radius 2 is 2.05 bits per heavy atom. The van der Waals surface area contributed by atoms with Crippen LogP contribution in [-0.2, 0) is 19.6 Å². The van der Waals surface area contributed by atoms with Gasteiger partial charge in [0.2, 0.25) is 0 Å². The van der Waals surface area contributed by atoms with E-state index in [-0.39, 0.29) is 5.54 Å². The summed E-state index contributed by atoms with van der Waals surface area (Å²) in [6.07, 6.45) is 3.95. The summed E-state index contributed by atoms with van der Waals surface area (Å²) < 4.78 is 3.85. The highest BCUT2D eigenvalue weighted by Gasteiger charge is 2.14. The third kappa shape index (κ3) is 4.08. The lowest BCUT2D eigenvalue weighted by Gasteiger charge is -2.19. The second kappa shape index (κ2) is 6.20. The van der Waals surface area contributed by atoms with Crippen LogP contribution in [0.4, 0.5) is 0 Å². The van der Waals surface area contributed by atoms with Gasteiger partial charge < -0.3 is 5.32 Å². The quantitative estimate of drug-likeness (QED) is 0.923. The summed E-state index contributed by atoms with van der Waals surface area (Å²) >= 11 is 6.33. The molecule has 0 bridgehead atoms. The zero-order chi connectivity index (χ0) is 15.6. The first-order chi connectivity index (χ1) is 9.80. The molecule has 1 N–H and O–H groups in total. The minimum absolute atomic E-state index is 0.101. The molecule has 0 aliphatic heterocycles. The summed E-state index contributed by atoms with van der Waals surface area (Å²) in [5.41, 5.74) is 3.15. The van der Waals surface area contributed by atoms with E-state index < -0.39 is 0 Å². The summed E-state index contributed by atoms with van der Waals surface area (Å²) in [7, 11) is 0. The Morgan fingerprint density at radius 3 is 2.67 bits per heavy atom. The van der Waals surface area contributed by atoms with E-state index >= 15 is 0 Å². The number of aryl methyl sites for hydroxylation is 2. The molecule has 0 saturated carbocycles. The van der Waals surface area contributed by atoms with Crippen molar-refractivity contribution in [2.45, 2.75) is 59.8 Å². The van der Waals surface area contributed by atoms with Crippen LogP contribution in [0.3, 0.4) is 0 Å². The molecule has 0 aliphatic rings. The predicted molar refractivity (Wildman–Crippen MR) is 85.6 cm³/mol. The minimum atomic E-state index is 0.101. The SMILES string of the molecule is CCn1nc(C)c(Cl)c1Cn1cc(CNC(C)(C)C)cn1. The Balaban J connectivity index is 2.09. The van der Waals surface area contributed by atoms with Gasteiger partial charge in [-0.2, -0.15) is 10.2 Å². The fourth-order valence-corrected chi connectivity index (χ4v) is 2.32. The monoisotopic (exact) mass is 309 g/mol. The molecule has 2 aromatic rings. The van der Waals surface area contributed by atoms with Gasteiger partial charge in [-0.05, 0) is 34.6 Å². The van der Waals surface area contributed by atoms with Crippen molar-refractivity contribution in [3.8, 4) is 0 Å². The lowest BCUT2D eigenvalue weighted by atomic mass is 10.1. The van der Waals surface area contributed by atoms with E-state index in [1.54, 1.807) is 0 Å². The van der Waals surface area contributed by atoms with Crippen LogP contribution in [0.1, 0.15) is 44.6 Å². The van der Waals surface area contributed by atoms with Gasteiger partial charge in [0.1, 0.15) is 0 Å². The highest BCUT2D eigenvalue weighted by molar-refractivity contribution is 6.31. The van der Waals surface area contributed by atoms with E-state index in [2.05, 4.69) is 49.4 Å². The van der Waals surface area contributed by atoms with Crippen LogP contribution >= 0.6 is 11.6 Å². The molecule has 5 nitrogen and oxygen atoms in total. The van der Waals surface area contributed by atoms with Gasteiger partial charge in [-0.15, -0.1) is 0 Å². The molecule has 0 saturated heterocycles. The summed E-state index contributed by atoms with van der Waals surface area (Å²) in [4.78, 5) is 0. The van der Waals surface area contributed by atoms with Crippen LogP contribution in [-0.4, -0.2) is 25.1 Å². The van der Waals surface area contributed by atoms with Crippen molar-refractivity contribution in [1.29, 1.82) is 0 Å². The van der Waals surface area contributed by atoms with E-state index in [9.17, 15) is 0 Å². The molecule has 2 rings (SSSR count). The van der Waals surface area contributed by atoms with Crippen LogP contribution in [0, 0.1) is 6.92 Å². The topological polar surface area (TPSA) is 47.7 Å². The molecule has 0 fully saturated rings. The second-order valence-electron chi connectivity index (χ2n) is 6.31. The average Bonchev–Trinajstić information content (AvgIpc) is 2.95. The Kier molecular flexibility index (Phi) is 4.74. The molecular weight excluding hydrogens is 286 g/mol. The fourth-order valence-electron chi connectivity index (χ4n) is 2.12. The lowest BCUT2D eigenvalue weighted by molar-refractivity contribution is 0.424. The first-order valence-electron chi connectivity index (χ1n) is 7.28. The third-order valence-corrected chi connectivity index (χ3v) is 3.77. The summed E-state index contributed by atoms with van der Waals surface area (Å²) in [5, 5.41) is 13.0. The van der Waals surface area contributed by atoms with Gasteiger partial charge in [0.05, 0.1) is 29.2 Å². The maximum absolute atomic E-state index is 6.33. The van der Waals surface area contributed by atoms with Crippen molar-refractivity contribution in [3.63, 3.8) is 0 Å². The predicted octanol–water partition coefficient (Wildman–Crippen LogP) is 3.00. The first kappa shape index (κ1) is 16.0. The average molecular weight is 310 g/mol. The minimum Gasteiger partial charge on any atom is -0.308 e. The van der Waals surface area contributed by atoms with Crippen LogP contribution in [0.15, 0.2) is 12.4 Å². The number of hydrogen-bond acceptors (Lipinski definition) is 3. The molecule has 0 spiro atoms. The molecule has 0 atom stereocenters. The number of hydrogen-bond donors (Lipinski definition) is 1. The van der Waals surface area contributed by atoms with Crippen molar-refractivity contribution < 1.29 is 0 Å². The summed E-state index contributed by atoms with van der Waals surface area (Å²) in [5.74, 6) is 0. The smallest absolute Gasteiger partial charge is 0.0866 e. The molecule has 2 heterocycles. The molecule has 0 aliphatic carbocycles. The van der Waals surface area contributed by atoms with Crippen molar-refractivity contribution >= 4 is 11.6 Å². The number of halogens is 1. The van der Waals surface area contributed by atoms with Gasteiger partial charge >= 0.3 is 0 Å². The van der Waals surface area contributed by atoms with Crippen molar-refractivity contribution in [3.05, 3.63) is 34.4 Å². The third-order valence-electron chi connectivity index (χ3n) is 3.27. The van der Waals surface area contributed by atoms with E-state index in [1.165, 1.54) is 5.56 Å². The highest BCUT2D eigenvalue weighted by Crippen LogP contribution is 2.21. The summed E-state index contributed by atoms with van der Waals surface area (Å²) in [6.45, 7) is 12.7. The van der Waals surface area contributed by atoms with E-state index in [0.29, 0.717) is 6.54 Å². The number of rotatable bonds is 5. The molecule has 0 unspecified atom stereocenters. The molecular formula is C15H24ClN5. The second-order valence-corrected chi connectivity index (χ2v) is 6.69. The van der Waals surface area contributed by atoms with Crippen molar-refractivity contribution in [2.75, 3.05) is 0 Å². The molecule has 2 aromatic heterocycles. The first-order valence-corrected chi connectivity index (χ1v) is 7.66. The number of aromatic nitrogens is 4. The van der Waals surface area contributed by atoms with Crippen LogP contribution in [0.2, 0.25) is 5.02 Å². The van der Waals surface area contributed by atoms with Gasteiger partial charge in [0.15, 0.2) is 0 Å². The standard InChI is InChI=1S/C15H24ClN5/c1-6-21-13(14(16)11(2)19-21)10-20-9-12(8-18-20)7-17-15(3,4)5/h8-9,17H,6-7,10H2,1-5H3. The van der Waals surface area contributed by atoms with Gasteiger partial charge in [-0.25, -0.2) is 0 Å².